The smallest absolute Gasteiger partial charge is 0.291 e. The van der Waals surface area contributed by atoms with Gasteiger partial charge in [0.1, 0.15) is 0 Å². The Morgan fingerprint density at radius 2 is 1.72 bits per heavy atom. The number of anilines is 2. The fourth-order valence-electron chi connectivity index (χ4n) is 2.09. The molecule has 2 N–H and O–H groups in total. The third-order valence-corrected chi connectivity index (χ3v) is 4.17. The van der Waals surface area contributed by atoms with Gasteiger partial charge in [0.05, 0.1) is 17.0 Å². The zero-order valence-corrected chi connectivity index (χ0v) is 15.1. The Labute approximate surface area is 157 Å². The molecule has 0 aliphatic heterocycles. The summed E-state index contributed by atoms with van der Waals surface area (Å²) in [5.74, 6) is -0.474. The maximum atomic E-state index is 12.2. The van der Waals surface area contributed by atoms with Crippen LogP contribution >= 0.6 is 27.5 Å². The second-order valence-electron chi connectivity index (χ2n) is 5.09. The normalized spacial score (nSPS) is 10.3. The number of carbonyl (C=O) groups is 2. The largest absolute Gasteiger partial charge is 0.459 e. The van der Waals surface area contributed by atoms with Crippen LogP contribution < -0.4 is 10.6 Å². The highest BCUT2D eigenvalue weighted by atomic mass is 79.9. The molecule has 7 heteroatoms. The molecule has 25 heavy (non-hydrogen) atoms. The molecule has 5 nitrogen and oxygen atoms in total. The molecule has 126 valence electrons. The first kappa shape index (κ1) is 17.3. The number of hydrogen-bond acceptors (Lipinski definition) is 3. The second-order valence-corrected chi connectivity index (χ2v) is 6.41. The summed E-state index contributed by atoms with van der Waals surface area (Å²) in [6, 6.07) is 15.0. The van der Waals surface area contributed by atoms with Crippen molar-refractivity contribution in [2.45, 2.75) is 0 Å². The zero-order valence-electron chi connectivity index (χ0n) is 12.8. The van der Waals surface area contributed by atoms with Gasteiger partial charge in [-0.3, -0.25) is 9.59 Å². The fraction of sp³-hybridized carbons (Fsp3) is 0. The van der Waals surface area contributed by atoms with E-state index in [0.717, 1.165) is 4.47 Å². The molecule has 0 aliphatic carbocycles. The van der Waals surface area contributed by atoms with E-state index in [1.165, 1.54) is 6.26 Å². The van der Waals surface area contributed by atoms with Gasteiger partial charge in [-0.2, -0.15) is 0 Å². The van der Waals surface area contributed by atoms with E-state index in [1.807, 2.05) is 0 Å². The molecule has 2 aromatic carbocycles. The van der Waals surface area contributed by atoms with Gasteiger partial charge in [-0.15, -0.1) is 0 Å². The number of nitrogens with one attached hydrogen (secondary N) is 2. The number of furan rings is 1. The van der Waals surface area contributed by atoms with E-state index in [-0.39, 0.29) is 11.7 Å². The van der Waals surface area contributed by atoms with Crippen molar-refractivity contribution in [1.29, 1.82) is 0 Å². The Morgan fingerprint density at radius 3 is 2.36 bits per heavy atom. The minimum absolute atomic E-state index is 0.184. The highest BCUT2D eigenvalue weighted by Crippen LogP contribution is 2.26. The predicted molar refractivity (Wildman–Crippen MR) is 100 cm³/mol. The van der Waals surface area contributed by atoms with Gasteiger partial charge in [0.25, 0.3) is 11.8 Å². The summed E-state index contributed by atoms with van der Waals surface area (Å²) in [5.41, 5.74) is 1.47. The van der Waals surface area contributed by atoms with Crippen LogP contribution in [-0.2, 0) is 0 Å². The second kappa shape index (κ2) is 7.55. The van der Waals surface area contributed by atoms with Gasteiger partial charge in [-0.25, -0.2) is 0 Å². The topological polar surface area (TPSA) is 71.3 Å². The monoisotopic (exact) mass is 418 g/mol. The van der Waals surface area contributed by atoms with Crippen LogP contribution in [0.2, 0.25) is 5.02 Å². The lowest BCUT2D eigenvalue weighted by Gasteiger charge is -2.09. The molecular weight excluding hydrogens is 408 g/mol. The standard InChI is InChI=1S/C18H12BrClN2O3/c19-12-5-3-11(4-6-12)17(23)21-13-7-8-15(14(20)10-13)22-18(24)16-2-1-9-25-16/h1-10H,(H,21,23)(H,22,24). The Kier molecular flexibility index (Phi) is 5.21. The molecule has 0 aliphatic rings. The average Bonchev–Trinajstić information content (AvgIpc) is 3.12. The molecule has 0 fully saturated rings. The third-order valence-electron chi connectivity index (χ3n) is 3.33. The molecule has 3 aromatic rings. The van der Waals surface area contributed by atoms with Crippen molar-refractivity contribution in [2.24, 2.45) is 0 Å². The third kappa shape index (κ3) is 4.29. The molecule has 1 heterocycles. The van der Waals surface area contributed by atoms with Gasteiger partial charge in [-0.05, 0) is 54.6 Å². The number of halogens is 2. The van der Waals surface area contributed by atoms with E-state index >= 15 is 0 Å². The summed E-state index contributed by atoms with van der Waals surface area (Å²) in [7, 11) is 0. The Morgan fingerprint density at radius 1 is 0.960 bits per heavy atom. The molecule has 0 radical (unpaired) electrons. The van der Waals surface area contributed by atoms with Crippen LogP contribution in [-0.4, -0.2) is 11.8 Å². The summed E-state index contributed by atoms with van der Waals surface area (Å²) >= 11 is 9.50. The summed E-state index contributed by atoms with van der Waals surface area (Å²) in [6.07, 6.45) is 1.41. The van der Waals surface area contributed by atoms with Crippen molar-refractivity contribution in [3.63, 3.8) is 0 Å². The van der Waals surface area contributed by atoms with Crippen LogP contribution in [0.15, 0.2) is 69.8 Å². The lowest BCUT2D eigenvalue weighted by Crippen LogP contribution is -2.13. The van der Waals surface area contributed by atoms with E-state index in [0.29, 0.717) is 22.0 Å². The lowest BCUT2D eigenvalue weighted by atomic mass is 10.2. The summed E-state index contributed by atoms with van der Waals surface area (Å²) in [6.45, 7) is 0. The Balaban J connectivity index is 1.70. The van der Waals surface area contributed by atoms with Gasteiger partial charge in [0, 0.05) is 15.7 Å². The molecule has 0 spiro atoms. The van der Waals surface area contributed by atoms with Crippen molar-refractivity contribution >= 4 is 50.7 Å². The van der Waals surface area contributed by atoms with Crippen molar-refractivity contribution in [3.05, 3.63) is 81.7 Å². The average molecular weight is 420 g/mol. The minimum atomic E-state index is -0.404. The molecular formula is C18H12BrClN2O3. The van der Waals surface area contributed by atoms with Crippen LogP contribution in [0.4, 0.5) is 11.4 Å². The summed E-state index contributed by atoms with van der Waals surface area (Å²) < 4.78 is 5.92. The molecule has 3 rings (SSSR count). The van der Waals surface area contributed by atoms with Gasteiger partial charge in [0.15, 0.2) is 5.76 Å². The Hall–Kier alpha value is -2.57. The van der Waals surface area contributed by atoms with Crippen LogP contribution in [0.1, 0.15) is 20.9 Å². The number of rotatable bonds is 4. The number of hydrogen-bond donors (Lipinski definition) is 2. The lowest BCUT2D eigenvalue weighted by molar-refractivity contribution is 0.0994. The quantitative estimate of drug-likeness (QED) is 0.610. The maximum Gasteiger partial charge on any atom is 0.291 e. The maximum absolute atomic E-state index is 12.2. The zero-order chi connectivity index (χ0) is 17.8. The van der Waals surface area contributed by atoms with Crippen molar-refractivity contribution in [3.8, 4) is 0 Å². The fourth-order valence-corrected chi connectivity index (χ4v) is 2.58. The van der Waals surface area contributed by atoms with E-state index in [1.54, 1.807) is 54.6 Å². The summed E-state index contributed by atoms with van der Waals surface area (Å²) in [4.78, 5) is 24.2. The van der Waals surface area contributed by atoms with Crippen LogP contribution in [0.3, 0.4) is 0 Å². The van der Waals surface area contributed by atoms with Gasteiger partial charge >= 0.3 is 0 Å². The molecule has 0 unspecified atom stereocenters. The highest BCUT2D eigenvalue weighted by molar-refractivity contribution is 9.10. The number of benzene rings is 2. The molecule has 0 saturated carbocycles. The number of carbonyl (C=O) groups excluding carboxylic acids is 2. The van der Waals surface area contributed by atoms with Crippen LogP contribution in [0.5, 0.6) is 0 Å². The SMILES string of the molecule is O=C(Nc1ccc(NC(=O)c2ccco2)c(Cl)c1)c1ccc(Br)cc1. The van der Waals surface area contributed by atoms with E-state index in [9.17, 15) is 9.59 Å². The molecule has 0 atom stereocenters. The molecule has 1 aromatic heterocycles. The van der Waals surface area contributed by atoms with Crippen molar-refractivity contribution in [2.75, 3.05) is 10.6 Å². The van der Waals surface area contributed by atoms with Gasteiger partial charge in [-0.1, -0.05) is 27.5 Å². The van der Waals surface area contributed by atoms with Crippen molar-refractivity contribution in [1.82, 2.24) is 0 Å². The molecule has 2 amide bonds. The molecule has 0 saturated heterocycles. The minimum Gasteiger partial charge on any atom is -0.459 e. The van der Waals surface area contributed by atoms with E-state index < -0.39 is 5.91 Å². The first-order valence-corrected chi connectivity index (χ1v) is 8.41. The Bertz CT molecular complexity index is 909. The first-order chi connectivity index (χ1) is 12.0. The van der Waals surface area contributed by atoms with Crippen molar-refractivity contribution < 1.29 is 14.0 Å². The number of amides is 2. The predicted octanol–water partition coefficient (Wildman–Crippen LogP) is 5.20. The summed E-state index contributed by atoms with van der Waals surface area (Å²) in [5, 5.41) is 5.70. The van der Waals surface area contributed by atoms with Gasteiger partial charge in [0.2, 0.25) is 0 Å². The molecule has 0 bridgehead atoms. The van der Waals surface area contributed by atoms with Gasteiger partial charge < -0.3 is 15.1 Å². The highest BCUT2D eigenvalue weighted by Gasteiger charge is 2.12. The van der Waals surface area contributed by atoms with E-state index in [4.69, 9.17) is 16.0 Å². The first-order valence-electron chi connectivity index (χ1n) is 7.24. The van der Waals surface area contributed by atoms with E-state index in [2.05, 4.69) is 26.6 Å². The van der Waals surface area contributed by atoms with Crippen LogP contribution in [0.25, 0.3) is 0 Å². The van der Waals surface area contributed by atoms with Crippen LogP contribution in [0, 0.1) is 0 Å².